The molecule has 32 heavy (non-hydrogen) atoms. The quantitative estimate of drug-likeness (QED) is 0.461. The highest BCUT2D eigenvalue weighted by Crippen LogP contribution is 2.48. The SMILES string of the molecule is CN1c2ccccc2Sc2cc(-c3cn([C@@H]4O[C@H](CO)[C@@H](O)[C@H]4O)c(=O)[nH]c3=O)ccc21. The average molecular weight is 455 g/mol. The predicted molar refractivity (Wildman–Crippen MR) is 118 cm³/mol. The lowest BCUT2D eigenvalue weighted by Gasteiger charge is -2.29. The molecule has 2 aromatic carbocycles. The number of nitrogens with zero attached hydrogens (tertiary/aromatic N) is 2. The zero-order valence-electron chi connectivity index (χ0n) is 17.0. The number of aromatic nitrogens is 2. The number of hydrogen-bond acceptors (Lipinski definition) is 8. The predicted octanol–water partition coefficient (Wildman–Crippen LogP) is 1.05. The Labute approximate surface area is 186 Å². The van der Waals surface area contributed by atoms with Crippen molar-refractivity contribution in [2.24, 2.45) is 0 Å². The number of hydrogen-bond donors (Lipinski definition) is 4. The molecule has 0 unspecified atom stereocenters. The largest absolute Gasteiger partial charge is 0.394 e. The van der Waals surface area contributed by atoms with Gasteiger partial charge in [0, 0.05) is 23.0 Å². The molecule has 0 bridgehead atoms. The van der Waals surface area contributed by atoms with E-state index in [1.165, 1.54) is 6.20 Å². The van der Waals surface area contributed by atoms with E-state index in [0.717, 1.165) is 25.7 Å². The van der Waals surface area contributed by atoms with Gasteiger partial charge in [-0.05, 0) is 29.8 Å². The fourth-order valence-corrected chi connectivity index (χ4v) is 5.29. The first-order valence-electron chi connectivity index (χ1n) is 10.0. The van der Waals surface area contributed by atoms with Crippen LogP contribution < -0.4 is 16.1 Å². The Balaban J connectivity index is 1.56. The van der Waals surface area contributed by atoms with Crippen LogP contribution in [0.4, 0.5) is 11.4 Å². The number of para-hydroxylation sites is 1. The smallest absolute Gasteiger partial charge is 0.330 e. The number of anilines is 2. The van der Waals surface area contributed by atoms with E-state index >= 15 is 0 Å². The molecule has 4 N–H and O–H groups in total. The zero-order chi connectivity index (χ0) is 22.6. The summed E-state index contributed by atoms with van der Waals surface area (Å²) in [5.41, 5.74) is 1.53. The minimum atomic E-state index is -1.44. The van der Waals surface area contributed by atoms with Crippen LogP contribution >= 0.6 is 11.8 Å². The first-order valence-corrected chi connectivity index (χ1v) is 10.8. The van der Waals surface area contributed by atoms with Gasteiger partial charge in [0.1, 0.15) is 18.3 Å². The lowest BCUT2D eigenvalue weighted by Crippen LogP contribution is -2.38. The van der Waals surface area contributed by atoms with Gasteiger partial charge in [0.25, 0.3) is 5.56 Å². The van der Waals surface area contributed by atoms with Gasteiger partial charge in [-0.3, -0.25) is 14.3 Å². The van der Waals surface area contributed by atoms with Crippen LogP contribution in [0.25, 0.3) is 11.1 Å². The fourth-order valence-electron chi connectivity index (χ4n) is 4.10. The number of benzene rings is 2. The molecule has 5 rings (SSSR count). The summed E-state index contributed by atoms with van der Waals surface area (Å²) in [6.45, 7) is -0.517. The second-order valence-corrected chi connectivity index (χ2v) is 8.83. The maximum atomic E-state index is 12.6. The van der Waals surface area contributed by atoms with Crippen molar-refractivity contribution in [1.29, 1.82) is 0 Å². The number of aromatic amines is 1. The Morgan fingerprint density at radius 2 is 1.81 bits per heavy atom. The topological polar surface area (TPSA) is 128 Å². The number of rotatable bonds is 3. The maximum Gasteiger partial charge on any atom is 0.330 e. The van der Waals surface area contributed by atoms with Gasteiger partial charge in [-0.1, -0.05) is 30.0 Å². The van der Waals surface area contributed by atoms with E-state index in [0.29, 0.717) is 5.56 Å². The molecule has 0 spiro atoms. The first-order chi connectivity index (χ1) is 15.4. The van der Waals surface area contributed by atoms with Crippen molar-refractivity contribution in [2.45, 2.75) is 34.3 Å². The Hall–Kier alpha value is -2.89. The van der Waals surface area contributed by atoms with E-state index in [1.54, 1.807) is 17.8 Å². The van der Waals surface area contributed by atoms with Crippen LogP contribution in [0.3, 0.4) is 0 Å². The number of aliphatic hydroxyl groups excluding tert-OH is 3. The van der Waals surface area contributed by atoms with E-state index in [1.807, 2.05) is 43.4 Å². The van der Waals surface area contributed by atoms with E-state index in [2.05, 4.69) is 9.88 Å². The van der Waals surface area contributed by atoms with Crippen LogP contribution in [-0.4, -0.2) is 56.8 Å². The third kappa shape index (κ3) is 3.28. The molecule has 1 saturated heterocycles. The third-order valence-corrected chi connectivity index (χ3v) is 6.95. The van der Waals surface area contributed by atoms with Crippen molar-refractivity contribution in [3.8, 4) is 11.1 Å². The van der Waals surface area contributed by atoms with E-state index in [-0.39, 0.29) is 5.56 Å². The highest BCUT2D eigenvalue weighted by atomic mass is 32.2. The number of aliphatic hydroxyl groups is 3. The van der Waals surface area contributed by atoms with E-state index in [9.17, 15) is 24.9 Å². The Kier molecular flexibility index (Phi) is 5.19. The van der Waals surface area contributed by atoms with Gasteiger partial charge in [0.15, 0.2) is 6.23 Å². The van der Waals surface area contributed by atoms with Gasteiger partial charge in [-0.25, -0.2) is 4.79 Å². The molecule has 0 amide bonds. The second-order valence-electron chi connectivity index (χ2n) is 7.75. The summed E-state index contributed by atoms with van der Waals surface area (Å²) >= 11 is 1.59. The molecule has 10 heteroatoms. The summed E-state index contributed by atoms with van der Waals surface area (Å²) in [5, 5.41) is 29.7. The highest BCUT2D eigenvalue weighted by Gasteiger charge is 2.43. The van der Waals surface area contributed by atoms with Crippen molar-refractivity contribution in [1.82, 2.24) is 9.55 Å². The standard InChI is InChI=1S/C22H21N3O6S/c1-24-13-4-2-3-5-16(13)32-17-8-11(6-7-14(17)24)12-9-25(22(30)23-20(12)29)21-19(28)18(27)15(10-26)31-21/h2-9,15,18-19,21,26-28H,10H2,1H3,(H,23,29,30)/t15-,18-,19-,21-/m1/s1. The molecule has 0 aliphatic carbocycles. The zero-order valence-corrected chi connectivity index (χ0v) is 17.8. The molecular weight excluding hydrogens is 434 g/mol. The van der Waals surface area contributed by atoms with E-state index < -0.39 is 42.4 Å². The lowest BCUT2D eigenvalue weighted by molar-refractivity contribution is -0.0549. The van der Waals surface area contributed by atoms with Crippen LogP contribution in [0.5, 0.6) is 0 Å². The van der Waals surface area contributed by atoms with Crippen LogP contribution in [0, 0.1) is 0 Å². The Morgan fingerprint density at radius 1 is 1.06 bits per heavy atom. The molecule has 3 aromatic rings. The Bertz CT molecular complexity index is 1310. The molecule has 2 aliphatic rings. The maximum absolute atomic E-state index is 12.6. The summed E-state index contributed by atoms with van der Waals surface area (Å²) in [6, 6.07) is 13.6. The molecule has 9 nitrogen and oxygen atoms in total. The highest BCUT2D eigenvalue weighted by molar-refractivity contribution is 7.99. The van der Waals surface area contributed by atoms with Gasteiger partial charge in [0.2, 0.25) is 0 Å². The molecule has 2 aliphatic heterocycles. The third-order valence-electron chi connectivity index (χ3n) is 5.84. The number of nitrogens with one attached hydrogen (secondary N) is 1. The molecule has 0 saturated carbocycles. The van der Waals surface area contributed by atoms with Gasteiger partial charge in [-0.15, -0.1) is 0 Å². The van der Waals surface area contributed by atoms with Crippen LogP contribution in [0.15, 0.2) is 68.0 Å². The molecule has 3 heterocycles. The van der Waals surface area contributed by atoms with Crippen molar-refractivity contribution >= 4 is 23.1 Å². The number of ether oxygens (including phenoxy) is 1. The van der Waals surface area contributed by atoms with Crippen LogP contribution in [0.2, 0.25) is 0 Å². The first kappa shape index (κ1) is 21.0. The summed E-state index contributed by atoms with van der Waals surface area (Å²) in [7, 11) is 1.98. The van der Waals surface area contributed by atoms with Crippen molar-refractivity contribution in [3.63, 3.8) is 0 Å². The van der Waals surface area contributed by atoms with Crippen molar-refractivity contribution in [2.75, 3.05) is 18.6 Å². The molecule has 1 aromatic heterocycles. The van der Waals surface area contributed by atoms with Crippen molar-refractivity contribution in [3.05, 3.63) is 69.5 Å². The monoisotopic (exact) mass is 455 g/mol. The van der Waals surface area contributed by atoms with Crippen molar-refractivity contribution < 1.29 is 20.1 Å². The molecule has 1 fully saturated rings. The number of fused-ring (bicyclic) bond motifs is 2. The normalized spacial score (nSPS) is 24.3. The second kappa shape index (κ2) is 7.91. The average Bonchev–Trinajstić information content (AvgIpc) is 3.07. The fraction of sp³-hybridized carbons (Fsp3) is 0.273. The number of H-pyrrole nitrogens is 1. The summed E-state index contributed by atoms with van der Waals surface area (Å²) in [4.78, 5) is 31.4. The summed E-state index contributed by atoms with van der Waals surface area (Å²) in [6.07, 6.45) is -3.76. The minimum absolute atomic E-state index is 0.215. The van der Waals surface area contributed by atoms with Gasteiger partial charge < -0.3 is 25.0 Å². The van der Waals surface area contributed by atoms with Gasteiger partial charge in [0.05, 0.1) is 23.5 Å². The minimum Gasteiger partial charge on any atom is -0.394 e. The molecule has 166 valence electrons. The summed E-state index contributed by atoms with van der Waals surface area (Å²) < 4.78 is 6.49. The molecule has 4 atom stereocenters. The van der Waals surface area contributed by atoms with E-state index in [4.69, 9.17) is 4.74 Å². The lowest BCUT2D eigenvalue weighted by atomic mass is 10.1. The Morgan fingerprint density at radius 3 is 2.56 bits per heavy atom. The van der Waals surface area contributed by atoms with Crippen LogP contribution in [-0.2, 0) is 4.74 Å². The van der Waals surface area contributed by atoms with Crippen LogP contribution in [0.1, 0.15) is 6.23 Å². The van der Waals surface area contributed by atoms with Gasteiger partial charge in [-0.2, -0.15) is 0 Å². The molecular formula is C22H21N3O6S. The molecule has 0 radical (unpaired) electrons. The summed E-state index contributed by atoms with van der Waals surface area (Å²) in [5.74, 6) is 0. The van der Waals surface area contributed by atoms with Gasteiger partial charge >= 0.3 is 5.69 Å².